The van der Waals surface area contributed by atoms with E-state index in [4.69, 9.17) is 14.5 Å². The first-order chi connectivity index (χ1) is 12.3. The molecular formula is C20H31N3O2. The van der Waals surface area contributed by atoms with Gasteiger partial charge < -0.3 is 14.4 Å². The highest BCUT2D eigenvalue weighted by Crippen LogP contribution is 2.30. The molecule has 0 saturated carbocycles. The van der Waals surface area contributed by atoms with Crippen molar-refractivity contribution in [1.29, 1.82) is 0 Å². The number of anilines is 1. The highest BCUT2D eigenvalue weighted by atomic mass is 16.5. The van der Waals surface area contributed by atoms with Crippen LogP contribution in [0, 0.1) is 6.92 Å². The van der Waals surface area contributed by atoms with E-state index in [0.717, 1.165) is 64.2 Å². The quantitative estimate of drug-likeness (QED) is 0.838. The third-order valence-corrected chi connectivity index (χ3v) is 5.81. The first kappa shape index (κ1) is 17.2. The summed E-state index contributed by atoms with van der Waals surface area (Å²) in [6.45, 7) is 5.79. The Balaban J connectivity index is 1.33. The fourth-order valence-electron chi connectivity index (χ4n) is 4.37. The molecule has 138 valence electrons. The maximum absolute atomic E-state index is 6.16. The van der Waals surface area contributed by atoms with Gasteiger partial charge in [-0.2, -0.15) is 0 Å². The van der Waals surface area contributed by atoms with E-state index >= 15 is 0 Å². The number of aromatic nitrogens is 2. The number of nitrogens with zero attached hydrogens (tertiary/aromatic N) is 3. The summed E-state index contributed by atoms with van der Waals surface area (Å²) in [6.07, 6.45) is 11.3. The van der Waals surface area contributed by atoms with Gasteiger partial charge in [0.2, 0.25) is 0 Å². The maximum Gasteiger partial charge on any atom is 0.135 e. The molecule has 5 nitrogen and oxygen atoms in total. The second kappa shape index (κ2) is 8.00. The zero-order chi connectivity index (χ0) is 17.1. The van der Waals surface area contributed by atoms with Gasteiger partial charge in [0.25, 0.3) is 0 Å². The lowest BCUT2D eigenvalue weighted by molar-refractivity contribution is -0.0672. The molecule has 1 unspecified atom stereocenters. The predicted octanol–water partition coefficient (Wildman–Crippen LogP) is 3.22. The Morgan fingerprint density at radius 1 is 1.04 bits per heavy atom. The standard InChI is InChI=1S/C20H31N3O2/c1-15-21-19-8-3-2-7-18(19)20(22-15)23-11-9-16(10-12-23)25-14-17-6-4-5-13-24-17/h16-17H,2-14H2,1H3. The van der Waals surface area contributed by atoms with Crippen LogP contribution in [0.5, 0.6) is 0 Å². The molecule has 0 bridgehead atoms. The normalized spacial score (nSPS) is 25.0. The Kier molecular flexibility index (Phi) is 5.51. The van der Waals surface area contributed by atoms with Crippen molar-refractivity contribution in [2.24, 2.45) is 0 Å². The predicted molar refractivity (Wildman–Crippen MR) is 98.2 cm³/mol. The van der Waals surface area contributed by atoms with Crippen LogP contribution in [0.2, 0.25) is 0 Å². The van der Waals surface area contributed by atoms with Crippen molar-refractivity contribution in [3.63, 3.8) is 0 Å². The highest BCUT2D eigenvalue weighted by Gasteiger charge is 2.26. The van der Waals surface area contributed by atoms with Crippen molar-refractivity contribution < 1.29 is 9.47 Å². The molecule has 0 spiro atoms. The molecule has 2 saturated heterocycles. The second-order valence-corrected chi connectivity index (χ2v) is 7.74. The van der Waals surface area contributed by atoms with Crippen LogP contribution >= 0.6 is 0 Å². The van der Waals surface area contributed by atoms with Gasteiger partial charge in [0.15, 0.2) is 0 Å². The summed E-state index contributed by atoms with van der Waals surface area (Å²) in [4.78, 5) is 12.0. The maximum atomic E-state index is 6.16. The van der Waals surface area contributed by atoms with E-state index in [1.807, 2.05) is 6.92 Å². The van der Waals surface area contributed by atoms with Gasteiger partial charge in [0.05, 0.1) is 18.8 Å². The van der Waals surface area contributed by atoms with E-state index in [2.05, 4.69) is 9.88 Å². The topological polar surface area (TPSA) is 47.5 Å². The van der Waals surface area contributed by atoms with Crippen molar-refractivity contribution in [3.05, 3.63) is 17.1 Å². The minimum absolute atomic E-state index is 0.323. The number of aryl methyl sites for hydroxylation is 2. The van der Waals surface area contributed by atoms with Gasteiger partial charge in [-0.1, -0.05) is 0 Å². The molecule has 0 amide bonds. The number of fused-ring (bicyclic) bond motifs is 1. The zero-order valence-electron chi connectivity index (χ0n) is 15.5. The largest absolute Gasteiger partial charge is 0.376 e. The molecule has 3 heterocycles. The molecule has 0 radical (unpaired) electrons. The van der Waals surface area contributed by atoms with Crippen molar-refractivity contribution in [3.8, 4) is 0 Å². The average Bonchev–Trinajstić information content (AvgIpc) is 2.67. The Hall–Kier alpha value is -1.20. The molecule has 1 aromatic heterocycles. The zero-order valence-corrected chi connectivity index (χ0v) is 15.5. The van der Waals surface area contributed by atoms with Crippen LogP contribution < -0.4 is 4.90 Å². The molecule has 25 heavy (non-hydrogen) atoms. The molecule has 0 N–H and O–H groups in total. The van der Waals surface area contributed by atoms with Crippen LogP contribution in [0.25, 0.3) is 0 Å². The minimum Gasteiger partial charge on any atom is -0.376 e. The highest BCUT2D eigenvalue weighted by molar-refractivity contribution is 5.50. The summed E-state index contributed by atoms with van der Waals surface area (Å²) in [6, 6.07) is 0. The molecule has 2 aliphatic heterocycles. The monoisotopic (exact) mass is 345 g/mol. The van der Waals surface area contributed by atoms with Crippen molar-refractivity contribution in [2.45, 2.75) is 76.9 Å². The lowest BCUT2D eigenvalue weighted by Crippen LogP contribution is -2.39. The summed E-state index contributed by atoms with van der Waals surface area (Å²) in [5.74, 6) is 2.12. The Morgan fingerprint density at radius 2 is 1.88 bits per heavy atom. The molecule has 4 rings (SSSR count). The van der Waals surface area contributed by atoms with Crippen LogP contribution in [0.1, 0.15) is 62.0 Å². The number of piperidine rings is 1. The van der Waals surface area contributed by atoms with E-state index in [0.29, 0.717) is 12.2 Å². The Morgan fingerprint density at radius 3 is 2.68 bits per heavy atom. The lowest BCUT2D eigenvalue weighted by atomic mass is 9.95. The third-order valence-electron chi connectivity index (χ3n) is 5.81. The molecule has 1 aliphatic carbocycles. The van der Waals surface area contributed by atoms with Gasteiger partial charge in [0.1, 0.15) is 11.6 Å². The van der Waals surface area contributed by atoms with Crippen molar-refractivity contribution >= 4 is 5.82 Å². The van der Waals surface area contributed by atoms with E-state index < -0.39 is 0 Å². The van der Waals surface area contributed by atoms with Crippen LogP contribution in [-0.2, 0) is 22.3 Å². The number of hydrogen-bond acceptors (Lipinski definition) is 5. The van der Waals surface area contributed by atoms with Gasteiger partial charge in [-0.25, -0.2) is 9.97 Å². The van der Waals surface area contributed by atoms with Crippen LogP contribution in [0.4, 0.5) is 5.82 Å². The van der Waals surface area contributed by atoms with Gasteiger partial charge in [-0.05, 0) is 64.7 Å². The minimum atomic E-state index is 0.323. The summed E-state index contributed by atoms with van der Waals surface area (Å²) in [7, 11) is 0. The Bertz CT molecular complexity index is 579. The number of hydrogen-bond donors (Lipinski definition) is 0. The molecule has 2 fully saturated rings. The molecule has 3 aliphatic rings. The van der Waals surface area contributed by atoms with Crippen LogP contribution in [0.15, 0.2) is 0 Å². The molecular weight excluding hydrogens is 314 g/mol. The molecule has 1 atom stereocenters. The third kappa shape index (κ3) is 4.14. The van der Waals surface area contributed by atoms with E-state index in [1.54, 1.807) is 0 Å². The number of ether oxygens (including phenoxy) is 2. The van der Waals surface area contributed by atoms with Gasteiger partial charge in [0, 0.05) is 31.0 Å². The van der Waals surface area contributed by atoms with E-state index in [9.17, 15) is 0 Å². The van der Waals surface area contributed by atoms with Crippen molar-refractivity contribution in [2.75, 3.05) is 31.2 Å². The fourth-order valence-corrected chi connectivity index (χ4v) is 4.37. The molecule has 5 heteroatoms. The summed E-state index contributed by atoms with van der Waals surface area (Å²) >= 11 is 0. The van der Waals surface area contributed by atoms with E-state index in [1.165, 1.54) is 42.8 Å². The summed E-state index contributed by atoms with van der Waals surface area (Å²) in [5, 5.41) is 0. The summed E-state index contributed by atoms with van der Waals surface area (Å²) in [5.41, 5.74) is 2.70. The van der Waals surface area contributed by atoms with Crippen LogP contribution in [-0.4, -0.2) is 48.5 Å². The van der Waals surface area contributed by atoms with Gasteiger partial charge >= 0.3 is 0 Å². The second-order valence-electron chi connectivity index (χ2n) is 7.74. The van der Waals surface area contributed by atoms with E-state index in [-0.39, 0.29) is 0 Å². The SMILES string of the molecule is Cc1nc2c(c(N3CCC(OCC4CCCCO4)CC3)n1)CCCC2. The van der Waals surface area contributed by atoms with Gasteiger partial charge in [-0.15, -0.1) is 0 Å². The fraction of sp³-hybridized carbons (Fsp3) is 0.800. The first-order valence-electron chi connectivity index (χ1n) is 10.1. The smallest absolute Gasteiger partial charge is 0.135 e. The lowest BCUT2D eigenvalue weighted by Gasteiger charge is -2.35. The van der Waals surface area contributed by atoms with Gasteiger partial charge in [-0.3, -0.25) is 0 Å². The first-order valence-corrected chi connectivity index (χ1v) is 10.1. The molecule has 1 aromatic rings. The number of rotatable bonds is 4. The van der Waals surface area contributed by atoms with Crippen molar-refractivity contribution in [1.82, 2.24) is 9.97 Å². The average molecular weight is 345 g/mol. The molecule has 0 aromatic carbocycles. The van der Waals surface area contributed by atoms with Crippen LogP contribution in [0.3, 0.4) is 0 Å². The Labute approximate surface area is 151 Å². The summed E-state index contributed by atoms with van der Waals surface area (Å²) < 4.78 is 11.9.